The highest BCUT2D eigenvalue weighted by Gasteiger charge is 2.34. The van der Waals surface area contributed by atoms with Crippen molar-refractivity contribution in [2.24, 2.45) is 5.92 Å². The maximum absolute atomic E-state index is 12.7. The lowest BCUT2D eigenvalue weighted by Gasteiger charge is -2.24. The summed E-state index contributed by atoms with van der Waals surface area (Å²) in [7, 11) is -3.40. The second kappa shape index (κ2) is 5.93. The Morgan fingerprint density at radius 2 is 2.10 bits per heavy atom. The average molecular weight is 335 g/mol. The van der Waals surface area contributed by atoms with Crippen molar-refractivity contribution in [2.75, 3.05) is 19.6 Å². The van der Waals surface area contributed by atoms with Crippen LogP contribution in [0.3, 0.4) is 0 Å². The summed E-state index contributed by atoms with van der Waals surface area (Å²) in [5.41, 5.74) is 0. The Labute approximate surface area is 129 Å². The molecule has 0 aromatic carbocycles. The number of nitrogens with zero attached hydrogens (tertiary/aromatic N) is 1. The number of halogens is 1. The summed E-state index contributed by atoms with van der Waals surface area (Å²) in [6, 6.07) is 3.56. The largest absolute Gasteiger partial charge is 0.313 e. The van der Waals surface area contributed by atoms with E-state index in [-0.39, 0.29) is 0 Å². The zero-order valence-corrected chi connectivity index (χ0v) is 13.6. The Kier molecular flexibility index (Phi) is 4.38. The van der Waals surface area contributed by atoms with Crippen LogP contribution in [-0.2, 0) is 10.0 Å². The topological polar surface area (TPSA) is 49.4 Å². The lowest BCUT2D eigenvalue weighted by molar-refractivity contribution is 0.359. The van der Waals surface area contributed by atoms with Gasteiger partial charge in [-0.1, -0.05) is 11.6 Å². The molecule has 1 atom stereocenters. The van der Waals surface area contributed by atoms with Crippen molar-refractivity contribution in [3.05, 3.63) is 16.5 Å². The van der Waals surface area contributed by atoms with E-state index < -0.39 is 10.0 Å². The standard InChI is InChI=1S/C13H19ClN2O2S2/c14-12-5-6-13(19-12)20(17,18)16(8-10-3-4-10)9-11-2-1-7-15-11/h5-6,10-11,15H,1-4,7-9H2. The van der Waals surface area contributed by atoms with Gasteiger partial charge in [0.15, 0.2) is 0 Å². The smallest absolute Gasteiger partial charge is 0.252 e. The zero-order chi connectivity index (χ0) is 14.2. The Bertz CT molecular complexity index is 563. The Morgan fingerprint density at radius 1 is 1.30 bits per heavy atom. The van der Waals surface area contributed by atoms with Crippen molar-refractivity contribution in [1.82, 2.24) is 9.62 Å². The molecule has 1 aromatic rings. The minimum atomic E-state index is -3.40. The molecule has 7 heteroatoms. The predicted octanol–water partition coefficient (Wildman–Crippen LogP) is 2.55. The zero-order valence-electron chi connectivity index (χ0n) is 11.2. The molecular formula is C13H19ClN2O2S2. The molecule has 1 N–H and O–H groups in total. The third-order valence-corrected chi connectivity index (χ3v) is 7.42. The second-order valence-corrected chi connectivity index (χ2v) is 9.50. The van der Waals surface area contributed by atoms with Crippen LogP contribution in [0.2, 0.25) is 4.34 Å². The van der Waals surface area contributed by atoms with Gasteiger partial charge in [-0.3, -0.25) is 0 Å². The molecule has 2 aliphatic rings. The van der Waals surface area contributed by atoms with Gasteiger partial charge < -0.3 is 5.32 Å². The first-order valence-electron chi connectivity index (χ1n) is 7.04. The van der Waals surface area contributed by atoms with Gasteiger partial charge in [-0.2, -0.15) is 4.31 Å². The van der Waals surface area contributed by atoms with E-state index in [1.807, 2.05) is 0 Å². The first kappa shape index (κ1) is 14.8. The van der Waals surface area contributed by atoms with Gasteiger partial charge >= 0.3 is 0 Å². The van der Waals surface area contributed by atoms with Crippen LogP contribution in [-0.4, -0.2) is 38.4 Å². The lowest BCUT2D eigenvalue weighted by Crippen LogP contribution is -2.41. The quantitative estimate of drug-likeness (QED) is 0.869. The molecule has 1 saturated carbocycles. The first-order valence-corrected chi connectivity index (χ1v) is 9.68. The van der Waals surface area contributed by atoms with Crippen molar-refractivity contribution in [3.63, 3.8) is 0 Å². The monoisotopic (exact) mass is 334 g/mol. The van der Waals surface area contributed by atoms with Gasteiger partial charge in [-0.15, -0.1) is 11.3 Å². The van der Waals surface area contributed by atoms with Gasteiger partial charge in [-0.25, -0.2) is 8.42 Å². The molecule has 1 aliphatic carbocycles. The summed E-state index contributed by atoms with van der Waals surface area (Å²) in [4.78, 5) is 0. The maximum Gasteiger partial charge on any atom is 0.252 e. The summed E-state index contributed by atoms with van der Waals surface area (Å²) in [6.45, 7) is 2.22. The van der Waals surface area contributed by atoms with E-state index in [1.165, 1.54) is 0 Å². The molecule has 2 heterocycles. The number of hydrogen-bond donors (Lipinski definition) is 1. The van der Waals surface area contributed by atoms with Gasteiger partial charge in [0, 0.05) is 19.1 Å². The summed E-state index contributed by atoms with van der Waals surface area (Å²) < 4.78 is 28.0. The van der Waals surface area contributed by atoms with Gasteiger partial charge in [0.05, 0.1) is 4.34 Å². The Balaban J connectivity index is 1.79. The SMILES string of the molecule is O=S(=O)(c1ccc(Cl)s1)N(CC1CC1)CC1CCCN1. The lowest BCUT2D eigenvalue weighted by atomic mass is 10.2. The molecule has 20 heavy (non-hydrogen) atoms. The van der Waals surface area contributed by atoms with Crippen molar-refractivity contribution in [1.29, 1.82) is 0 Å². The number of thiophene rings is 1. The highest BCUT2D eigenvalue weighted by atomic mass is 35.5. The molecule has 2 fully saturated rings. The molecule has 112 valence electrons. The van der Waals surface area contributed by atoms with Crippen LogP contribution in [0.15, 0.2) is 16.3 Å². The number of rotatable bonds is 6. The van der Waals surface area contributed by atoms with E-state index in [9.17, 15) is 8.42 Å². The van der Waals surface area contributed by atoms with Crippen LogP contribution in [0, 0.1) is 5.92 Å². The van der Waals surface area contributed by atoms with Crippen molar-refractivity contribution >= 4 is 33.0 Å². The van der Waals surface area contributed by atoms with E-state index in [0.29, 0.717) is 33.6 Å². The first-order chi connectivity index (χ1) is 9.55. The molecule has 4 nitrogen and oxygen atoms in total. The fourth-order valence-electron chi connectivity index (χ4n) is 2.58. The molecule has 0 amide bonds. The van der Waals surface area contributed by atoms with E-state index in [1.54, 1.807) is 16.4 Å². The van der Waals surface area contributed by atoms with E-state index >= 15 is 0 Å². The van der Waals surface area contributed by atoms with Crippen molar-refractivity contribution in [3.8, 4) is 0 Å². The van der Waals surface area contributed by atoms with Gasteiger partial charge in [0.1, 0.15) is 4.21 Å². The van der Waals surface area contributed by atoms with Crippen LogP contribution >= 0.6 is 22.9 Å². The fraction of sp³-hybridized carbons (Fsp3) is 0.692. The summed E-state index contributed by atoms with van der Waals surface area (Å²) in [5, 5.41) is 3.38. The fourth-order valence-corrected chi connectivity index (χ4v) is 5.78. The van der Waals surface area contributed by atoms with E-state index in [4.69, 9.17) is 11.6 Å². The molecule has 1 aromatic heterocycles. The third kappa shape index (κ3) is 3.36. The molecule has 1 unspecified atom stereocenters. The Morgan fingerprint density at radius 3 is 2.65 bits per heavy atom. The van der Waals surface area contributed by atoms with E-state index in [0.717, 1.165) is 43.6 Å². The molecule has 1 saturated heterocycles. The van der Waals surface area contributed by atoms with Gasteiger partial charge in [0.2, 0.25) is 0 Å². The molecule has 1 aliphatic heterocycles. The minimum Gasteiger partial charge on any atom is -0.313 e. The third-order valence-electron chi connectivity index (χ3n) is 3.89. The number of nitrogens with one attached hydrogen (secondary N) is 1. The number of sulfonamides is 1. The van der Waals surface area contributed by atoms with Crippen LogP contribution in [0.1, 0.15) is 25.7 Å². The second-order valence-electron chi connectivity index (χ2n) is 5.62. The normalized spacial score (nSPS) is 23.6. The molecular weight excluding hydrogens is 316 g/mol. The number of hydrogen-bond acceptors (Lipinski definition) is 4. The highest BCUT2D eigenvalue weighted by Crippen LogP contribution is 2.34. The van der Waals surface area contributed by atoms with Crippen LogP contribution in [0.25, 0.3) is 0 Å². The molecule has 0 spiro atoms. The average Bonchev–Trinajstić information content (AvgIpc) is 2.89. The van der Waals surface area contributed by atoms with Gasteiger partial charge in [0.25, 0.3) is 10.0 Å². The van der Waals surface area contributed by atoms with Crippen molar-refractivity contribution < 1.29 is 8.42 Å². The van der Waals surface area contributed by atoms with Crippen LogP contribution in [0.4, 0.5) is 0 Å². The summed E-state index contributed by atoms with van der Waals surface area (Å²) in [5.74, 6) is 0.543. The maximum atomic E-state index is 12.7. The van der Waals surface area contributed by atoms with E-state index in [2.05, 4.69) is 5.32 Å². The molecule has 0 bridgehead atoms. The molecule has 3 rings (SSSR count). The minimum absolute atomic E-state index is 0.291. The summed E-state index contributed by atoms with van der Waals surface area (Å²) >= 11 is 7.03. The summed E-state index contributed by atoms with van der Waals surface area (Å²) in [6.07, 6.45) is 4.49. The predicted molar refractivity (Wildman–Crippen MR) is 81.8 cm³/mol. The Hall–Kier alpha value is -0.140. The van der Waals surface area contributed by atoms with Crippen LogP contribution in [0.5, 0.6) is 0 Å². The molecule has 0 radical (unpaired) electrons. The highest BCUT2D eigenvalue weighted by molar-refractivity contribution is 7.91. The van der Waals surface area contributed by atoms with Crippen LogP contribution < -0.4 is 5.32 Å². The van der Waals surface area contributed by atoms with Crippen molar-refractivity contribution in [2.45, 2.75) is 35.9 Å². The van der Waals surface area contributed by atoms with Gasteiger partial charge in [-0.05, 0) is 50.3 Å².